The minimum absolute atomic E-state index is 0.155. The van der Waals surface area contributed by atoms with E-state index in [1.807, 2.05) is 0 Å². The number of halogens is 5. The number of hydrogen-bond acceptors (Lipinski definition) is 4. The highest BCUT2D eigenvalue weighted by molar-refractivity contribution is 9.10. The number of hydrogen-bond donors (Lipinski definition) is 1. The Labute approximate surface area is 131 Å². The highest BCUT2D eigenvalue weighted by atomic mass is 79.9. The van der Waals surface area contributed by atoms with Gasteiger partial charge in [0.05, 0.1) is 4.47 Å². The van der Waals surface area contributed by atoms with E-state index in [9.17, 15) is 13.2 Å². The van der Waals surface area contributed by atoms with Crippen LogP contribution in [0.1, 0.15) is 5.56 Å². The topological polar surface area (TPSA) is 47.0 Å². The molecule has 1 N–H and O–H groups in total. The first-order valence-electron chi connectivity index (χ1n) is 5.55. The fourth-order valence-electron chi connectivity index (χ4n) is 1.48. The molecule has 0 saturated carbocycles. The summed E-state index contributed by atoms with van der Waals surface area (Å²) in [5, 5.41) is 3.24. The van der Waals surface area contributed by atoms with Gasteiger partial charge in [-0.3, -0.25) is 0 Å². The maximum atomic E-state index is 12.2. The van der Waals surface area contributed by atoms with Gasteiger partial charge in [-0.25, -0.2) is 9.97 Å². The van der Waals surface area contributed by atoms with Crippen LogP contribution in [0.4, 0.5) is 24.7 Å². The SMILES string of the molecule is Cc1c(Cl)ncnc1Nc1ccc(OC(F)(F)F)c(Br)c1. The molecule has 0 aliphatic carbocycles. The van der Waals surface area contributed by atoms with Gasteiger partial charge in [0.2, 0.25) is 0 Å². The summed E-state index contributed by atoms with van der Waals surface area (Å²) in [7, 11) is 0. The molecule has 0 bridgehead atoms. The zero-order valence-corrected chi connectivity index (χ0v) is 12.8. The zero-order valence-electron chi connectivity index (χ0n) is 10.5. The third-order valence-electron chi connectivity index (χ3n) is 2.44. The van der Waals surface area contributed by atoms with Crippen molar-refractivity contribution in [1.29, 1.82) is 0 Å². The molecule has 2 aromatic rings. The van der Waals surface area contributed by atoms with Crippen molar-refractivity contribution in [2.45, 2.75) is 13.3 Å². The number of benzene rings is 1. The monoisotopic (exact) mass is 381 g/mol. The molecule has 1 aromatic heterocycles. The largest absolute Gasteiger partial charge is 0.573 e. The predicted octanol–water partition coefficient (Wildman–Crippen LogP) is 4.84. The molecule has 0 spiro atoms. The Balaban J connectivity index is 2.23. The van der Waals surface area contributed by atoms with Crippen LogP contribution in [0.3, 0.4) is 0 Å². The van der Waals surface area contributed by atoms with E-state index in [0.717, 1.165) is 0 Å². The fraction of sp³-hybridized carbons (Fsp3) is 0.167. The Hall–Kier alpha value is -1.54. The van der Waals surface area contributed by atoms with Crippen LogP contribution in [0.25, 0.3) is 0 Å². The average Bonchev–Trinajstić information content (AvgIpc) is 2.37. The zero-order chi connectivity index (χ0) is 15.6. The number of anilines is 2. The maximum absolute atomic E-state index is 12.2. The lowest BCUT2D eigenvalue weighted by atomic mass is 10.3. The highest BCUT2D eigenvalue weighted by Crippen LogP contribution is 2.33. The van der Waals surface area contributed by atoms with Gasteiger partial charge in [-0.1, -0.05) is 11.6 Å². The van der Waals surface area contributed by atoms with Crippen LogP contribution >= 0.6 is 27.5 Å². The molecule has 1 heterocycles. The van der Waals surface area contributed by atoms with E-state index >= 15 is 0 Å². The van der Waals surface area contributed by atoms with Crippen molar-refractivity contribution in [3.63, 3.8) is 0 Å². The van der Waals surface area contributed by atoms with Gasteiger partial charge in [0, 0.05) is 11.3 Å². The third kappa shape index (κ3) is 4.21. The first-order valence-corrected chi connectivity index (χ1v) is 6.73. The number of nitrogens with zero attached hydrogens (tertiary/aromatic N) is 2. The molecule has 0 amide bonds. The van der Waals surface area contributed by atoms with Crippen LogP contribution in [0.15, 0.2) is 29.0 Å². The van der Waals surface area contributed by atoms with Crippen molar-refractivity contribution in [2.75, 3.05) is 5.32 Å². The second-order valence-corrected chi connectivity index (χ2v) is 5.17. The molecule has 9 heteroatoms. The fourth-order valence-corrected chi connectivity index (χ4v) is 2.07. The second kappa shape index (κ2) is 6.07. The molecule has 0 aliphatic rings. The molecule has 21 heavy (non-hydrogen) atoms. The van der Waals surface area contributed by atoms with Crippen LogP contribution < -0.4 is 10.1 Å². The van der Waals surface area contributed by atoms with E-state index in [-0.39, 0.29) is 10.2 Å². The molecule has 0 aliphatic heterocycles. The van der Waals surface area contributed by atoms with Crippen LogP contribution in [0, 0.1) is 6.92 Å². The quantitative estimate of drug-likeness (QED) is 0.772. The van der Waals surface area contributed by atoms with Crippen molar-refractivity contribution >= 4 is 39.0 Å². The van der Waals surface area contributed by atoms with Crippen molar-refractivity contribution < 1.29 is 17.9 Å². The van der Waals surface area contributed by atoms with E-state index in [1.54, 1.807) is 6.92 Å². The Kier molecular flexibility index (Phi) is 4.58. The lowest BCUT2D eigenvalue weighted by Crippen LogP contribution is -2.17. The van der Waals surface area contributed by atoms with Gasteiger partial charge in [-0.2, -0.15) is 0 Å². The van der Waals surface area contributed by atoms with Crippen molar-refractivity contribution in [3.8, 4) is 5.75 Å². The standard InChI is InChI=1S/C12H8BrClF3N3O/c1-6-10(14)18-5-19-11(6)20-7-2-3-9(8(13)4-7)21-12(15,16)17/h2-5H,1H3,(H,18,19,20). The molecule has 2 rings (SSSR count). The van der Waals surface area contributed by atoms with E-state index in [2.05, 4.69) is 36.0 Å². The number of ether oxygens (including phenoxy) is 1. The normalized spacial score (nSPS) is 11.3. The molecule has 1 aromatic carbocycles. The van der Waals surface area contributed by atoms with Gasteiger partial charge in [0.1, 0.15) is 23.0 Å². The average molecular weight is 383 g/mol. The predicted molar refractivity (Wildman–Crippen MR) is 75.9 cm³/mol. The number of rotatable bonds is 3. The molecule has 112 valence electrons. The van der Waals surface area contributed by atoms with Crippen LogP contribution in [-0.2, 0) is 0 Å². The lowest BCUT2D eigenvalue weighted by molar-refractivity contribution is -0.274. The summed E-state index contributed by atoms with van der Waals surface area (Å²) in [4.78, 5) is 7.83. The van der Waals surface area contributed by atoms with Crippen molar-refractivity contribution in [2.24, 2.45) is 0 Å². The van der Waals surface area contributed by atoms with Gasteiger partial charge < -0.3 is 10.1 Å². The van der Waals surface area contributed by atoms with E-state index in [4.69, 9.17) is 11.6 Å². The molecule has 0 atom stereocenters. The van der Waals surface area contributed by atoms with E-state index < -0.39 is 6.36 Å². The molecular weight excluding hydrogens is 375 g/mol. The molecule has 4 nitrogen and oxygen atoms in total. The summed E-state index contributed by atoms with van der Waals surface area (Å²) in [5.74, 6) is 0.136. The third-order valence-corrected chi connectivity index (χ3v) is 3.44. The molecule has 0 unspecified atom stereocenters. The van der Waals surface area contributed by atoms with Gasteiger partial charge in [-0.05, 0) is 41.1 Å². The van der Waals surface area contributed by atoms with Gasteiger partial charge in [0.25, 0.3) is 0 Å². The molecule has 0 saturated heterocycles. The Morgan fingerprint density at radius 1 is 1.29 bits per heavy atom. The summed E-state index contributed by atoms with van der Waals surface area (Å²) in [6.45, 7) is 1.72. The van der Waals surface area contributed by atoms with Crippen LogP contribution in [0.2, 0.25) is 5.15 Å². The molecule has 0 fully saturated rings. The maximum Gasteiger partial charge on any atom is 0.573 e. The molecular formula is C12H8BrClF3N3O. The van der Waals surface area contributed by atoms with Crippen molar-refractivity contribution in [3.05, 3.63) is 39.7 Å². The smallest absolute Gasteiger partial charge is 0.405 e. The summed E-state index contributed by atoms with van der Waals surface area (Å²) in [5.41, 5.74) is 1.15. The minimum Gasteiger partial charge on any atom is -0.405 e. The summed E-state index contributed by atoms with van der Waals surface area (Å²) < 4.78 is 40.5. The highest BCUT2D eigenvalue weighted by Gasteiger charge is 2.31. The molecule has 0 radical (unpaired) electrons. The van der Waals surface area contributed by atoms with E-state index in [0.29, 0.717) is 22.2 Å². The van der Waals surface area contributed by atoms with Gasteiger partial charge in [-0.15, -0.1) is 13.2 Å². The van der Waals surface area contributed by atoms with Crippen LogP contribution in [-0.4, -0.2) is 16.3 Å². The summed E-state index contributed by atoms with van der Waals surface area (Å²) >= 11 is 8.89. The first-order chi connectivity index (χ1) is 9.76. The number of alkyl halides is 3. The van der Waals surface area contributed by atoms with Crippen molar-refractivity contribution in [1.82, 2.24) is 9.97 Å². The van der Waals surface area contributed by atoms with Crippen LogP contribution in [0.5, 0.6) is 5.75 Å². The minimum atomic E-state index is -4.74. The number of nitrogens with one attached hydrogen (secondary N) is 1. The second-order valence-electron chi connectivity index (χ2n) is 3.96. The lowest BCUT2D eigenvalue weighted by Gasteiger charge is -2.13. The first kappa shape index (κ1) is 15.8. The Morgan fingerprint density at radius 2 is 2.00 bits per heavy atom. The Bertz CT molecular complexity index is 667. The summed E-state index contributed by atoms with van der Waals surface area (Å²) in [6, 6.07) is 4.07. The van der Waals surface area contributed by atoms with E-state index in [1.165, 1.54) is 24.5 Å². The number of aromatic nitrogens is 2. The Morgan fingerprint density at radius 3 is 2.62 bits per heavy atom. The summed E-state index contributed by atoms with van der Waals surface area (Å²) in [6.07, 6.45) is -3.46. The van der Waals surface area contributed by atoms with Gasteiger partial charge >= 0.3 is 6.36 Å². The van der Waals surface area contributed by atoms with Gasteiger partial charge in [0.15, 0.2) is 0 Å².